The smallest absolute Gasteiger partial charge is 0.273 e. The average molecular weight is 392 g/mol. The van der Waals surface area contributed by atoms with Gasteiger partial charge in [-0.2, -0.15) is 0 Å². The summed E-state index contributed by atoms with van der Waals surface area (Å²) < 4.78 is 8.06. The molecule has 0 fully saturated rings. The van der Waals surface area contributed by atoms with E-state index in [1.54, 1.807) is 0 Å². The van der Waals surface area contributed by atoms with Gasteiger partial charge in [0.2, 0.25) is 0 Å². The molecule has 1 aliphatic rings. The zero-order valence-corrected chi connectivity index (χ0v) is 18.8. The molecular formula is C21H37N5O2. The summed E-state index contributed by atoms with van der Waals surface area (Å²) in [5.41, 5.74) is 3.59. The average Bonchev–Trinajstić information content (AvgIpc) is 2.83. The summed E-state index contributed by atoms with van der Waals surface area (Å²) in [5.74, 6) is 0.724. The Morgan fingerprint density at radius 1 is 1.25 bits per heavy atom. The predicted octanol–water partition coefficient (Wildman–Crippen LogP) is 2.83. The minimum atomic E-state index is -0.415. The molecule has 0 saturated carbocycles. The van der Waals surface area contributed by atoms with Gasteiger partial charge in [-0.1, -0.05) is 26.3 Å². The van der Waals surface area contributed by atoms with Gasteiger partial charge in [-0.25, -0.2) is 4.98 Å². The van der Waals surface area contributed by atoms with Crippen LogP contribution in [0, 0.1) is 5.41 Å². The van der Waals surface area contributed by atoms with Crippen LogP contribution in [0.5, 0.6) is 0 Å². The molecule has 2 rings (SSSR count). The normalized spacial score (nSPS) is 16.3. The van der Waals surface area contributed by atoms with Crippen molar-refractivity contribution in [1.82, 2.24) is 25.1 Å². The molecule has 0 radical (unpaired) electrons. The first-order chi connectivity index (χ1) is 13.1. The molecule has 1 aromatic rings. The Morgan fingerprint density at radius 3 is 2.50 bits per heavy atom. The molecule has 1 aliphatic heterocycles. The monoisotopic (exact) mass is 391 g/mol. The standard InChI is InChI=1S/C21H37N5O2/c1-14(2)15(3)18-23-17(16-12-25(8)10-9-11-26(16)18)19(27)24-20(21(4,5)6)28-13-22-7/h20,22H,9-13H2,1-8H3,(H,24,27)/t20-/m1/s1. The van der Waals surface area contributed by atoms with Crippen LogP contribution in [-0.2, 0) is 17.8 Å². The Bertz CT molecular complexity index is 726. The number of amides is 1. The fourth-order valence-electron chi connectivity index (χ4n) is 3.28. The summed E-state index contributed by atoms with van der Waals surface area (Å²) in [6, 6.07) is 0. The Hall–Kier alpha value is -1.70. The molecule has 7 heteroatoms. The number of ether oxygens (including phenoxy) is 1. The van der Waals surface area contributed by atoms with E-state index in [0.29, 0.717) is 19.0 Å². The van der Waals surface area contributed by atoms with E-state index >= 15 is 0 Å². The lowest BCUT2D eigenvalue weighted by atomic mass is 9.94. The highest BCUT2D eigenvalue weighted by Gasteiger charge is 2.31. The Morgan fingerprint density at radius 2 is 1.93 bits per heavy atom. The van der Waals surface area contributed by atoms with Crippen LogP contribution >= 0.6 is 0 Å². The van der Waals surface area contributed by atoms with Crippen LogP contribution in [-0.4, -0.2) is 54.0 Å². The summed E-state index contributed by atoms with van der Waals surface area (Å²) in [4.78, 5) is 20.3. The number of allylic oxidation sites excluding steroid dienone is 2. The molecule has 0 saturated heterocycles. The quantitative estimate of drug-likeness (QED) is 0.730. The zero-order chi connectivity index (χ0) is 21.1. The van der Waals surface area contributed by atoms with Gasteiger partial charge in [0, 0.05) is 18.5 Å². The summed E-state index contributed by atoms with van der Waals surface area (Å²) >= 11 is 0. The van der Waals surface area contributed by atoms with E-state index < -0.39 is 6.23 Å². The number of carbonyl (C=O) groups excluding carboxylic acids is 1. The predicted molar refractivity (Wildman–Crippen MR) is 113 cm³/mol. The number of nitrogens with zero attached hydrogens (tertiary/aromatic N) is 3. The molecule has 1 atom stereocenters. The van der Waals surface area contributed by atoms with Crippen molar-refractivity contribution in [2.45, 2.75) is 67.3 Å². The van der Waals surface area contributed by atoms with Gasteiger partial charge in [-0.3, -0.25) is 10.1 Å². The molecule has 0 spiro atoms. The molecule has 2 N–H and O–H groups in total. The topological polar surface area (TPSA) is 71.4 Å². The minimum absolute atomic E-state index is 0.178. The van der Waals surface area contributed by atoms with Crippen molar-refractivity contribution < 1.29 is 9.53 Å². The minimum Gasteiger partial charge on any atom is -0.343 e. The second-order valence-electron chi connectivity index (χ2n) is 8.98. The van der Waals surface area contributed by atoms with E-state index in [1.807, 2.05) is 27.8 Å². The number of aromatic nitrogens is 2. The van der Waals surface area contributed by atoms with Crippen LogP contribution in [0.2, 0.25) is 0 Å². The zero-order valence-electron chi connectivity index (χ0n) is 18.8. The molecule has 0 bridgehead atoms. The Labute approximate surface area is 169 Å². The highest BCUT2D eigenvalue weighted by atomic mass is 16.5. The maximum Gasteiger partial charge on any atom is 0.273 e. The van der Waals surface area contributed by atoms with Crippen LogP contribution in [0.4, 0.5) is 0 Å². The van der Waals surface area contributed by atoms with Crippen molar-refractivity contribution in [2.24, 2.45) is 5.41 Å². The maximum atomic E-state index is 13.2. The summed E-state index contributed by atoms with van der Waals surface area (Å²) in [6.07, 6.45) is 0.626. The van der Waals surface area contributed by atoms with E-state index in [9.17, 15) is 4.79 Å². The number of hydrogen-bond acceptors (Lipinski definition) is 5. The van der Waals surface area contributed by atoms with E-state index in [4.69, 9.17) is 9.72 Å². The first-order valence-corrected chi connectivity index (χ1v) is 10.1. The van der Waals surface area contributed by atoms with E-state index in [2.05, 4.69) is 47.9 Å². The van der Waals surface area contributed by atoms with Crippen LogP contribution in [0.25, 0.3) is 5.57 Å². The molecule has 158 valence electrons. The van der Waals surface area contributed by atoms with Gasteiger partial charge in [0.1, 0.15) is 12.1 Å². The van der Waals surface area contributed by atoms with Gasteiger partial charge in [-0.15, -0.1) is 0 Å². The molecule has 7 nitrogen and oxygen atoms in total. The van der Waals surface area contributed by atoms with Gasteiger partial charge in [0.25, 0.3) is 5.91 Å². The molecule has 2 heterocycles. The SMILES string of the molecule is CNCO[C@@H](NC(=O)c1nc(C(C)=C(C)C)n2c1CN(C)CCC2)C(C)(C)C. The van der Waals surface area contributed by atoms with Crippen molar-refractivity contribution in [2.75, 3.05) is 27.4 Å². The third-order valence-electron chi connectivity index (χ3n) is 5.16. The highest BCUT2D eigenvalue weighted by Crippen LogP contribution is 2.26. The highest BCUT2D eigenvalue weighted by molar-refractivity contribution is 5.94. The third kappa shape index (κ3) is 5.21. The number of rotatable bonds is 6. The number of fused-ring (bicyclic) bond motifs is 1. The van der Waals surface area contributed by atoms with Crippen molar-refractivity contribution in [3.8, 4) is 0 Å². The van der Waals surface area contributed by atoms with Crippen LogP contribution in [0.3, 0.4) is 0 Å². The first-order valence-electron chi connectivity index (χ1n) is 10.1. The van der Waals surface area contributed by atoms with Gasteiger partial charge in [-0.05, 0) is 53.4 Å². The Kier molecular flexibility index (Phi) is 7.42. The van der Waals surface area contributed by atoms with Crippen molar-refractivity contribution >= 4 is 11.5 Å². The largest absolute Gasteiger partial charge is 0.343 e. The molecule has 0 aliphatic carbocycles. The van der Waals surface area contributed by atoms with Crippen LogP contribution in [0.1, 0.15) is 70.0 Å². The number of imidazole rings is 1. The second-order valence-corrected chi connectivity index (χ2v) is 8.98. The second kappa shape index (κ2) is 9.20. The van der Waals surface area contributed by atoms with E-state index in [-0.39, 0.29) is 11.3 Å². The molecule has 1 aromatic heterocycles. The molecule has 0 aromatic carbocycles. The fraction of sp³-hybridized carbons (Fsp3) is 0.714. The number of hydrogen-bond donors (Lipinski definition) is 2. The van der Waals surface area contributed by atoms with E-state index in [0.717, 1.165) is 36.6 Å². The first kappa shape index (κ1) is 22.6. The van der Waals surface area contributed by atoms with Crippen LogP contribution < -0.4 is 10.6 Å². The lowest BCUT2D eigenvalue weighted by Crippen LogP contribution is -2.47. The summed E-state index contributed by atoms with van der Waals surface area (Å²) in [5, 5.41) is 6.04. The molecular weight excluding hydrogens is 354 g/mol. The lowest BCUT2D eigenvalue weighted by molar-refractivity contribution is -0.0407. The number of nitrogens with one attached hydrogen (secondary N) is 2. The van der Waals surface area contributed by atoms with Crippen molar-refractivity contribution in [3.63, 3.8) is 0 Å². The fourth-order valence-corrected chi connectivity index (χ4v) is 3.28. The van der Waals surface area contributed by atoms with Gasteiger partial charge in [0.15, 0.2) is 5.69 Å². The molecule has 1 amide bonds. The number of carbonyl (C=O) groups is 1. The van der Waals surface area contributed by atoms with Gasteiger partial charge >= 0.3 is 0 Å². The van der Waals surface area contributed by atoms with Crippen molar-refractivity contribution in [1.29, 1.82) is 0 Å². The summed E-state index contributed by atoms with van der Waals surface area (Å²) in [6.45, 7) is 15.4. The van der Waals surface area contributed by atoms with Crippen LogP contribution in [0.15, 0.2) is 5.57 Å². The van der Waals surface area contributed by atoms with Crippen molar-refractivity contribution in [3.05, 3.63) is 22.8 Å². The lowest BCUT2D eigenvalue weighted by Gasteiger charge is -2.31. The van der Waals surface area contributed by atoms with E-state index in [1.165, 1.54) is 5.57 Å². The van der Waals surface area contributed by atoms with Gasteiger partial charge < -0.3 is 19.5 Å². The summed E-state index contributed by atoms with van der Waals surface area (Å²) in [7, 11) is 3.91. The maximum absolute atomic E-state index is 13.2. The molecule has 0 unspecified atom stereocenters. The Balaban J connectivity index is 2.43. The van der Waals surface area contributed by atoms with Gasteiger partial charge in [0.05, 0.1) is 12.4 Å². The molecule has 28 heavy (non-hydrogen) atoms. The third-order valence-corrected chi connectivity index (χ3v) is 5.16.